The number of ether oxygens (including phenoxy) is 1. The molecule has 3 atom stereocenters. The summed E-state index contributed by atoms with van der Waals surface area (Å²) in [6.45, 7) is 11.8. The van der Waals surface area contributed by atoms with Crippen molar-refractivity contribution in [3.05, 3.63) is 42.0 Å². The predicted octanol–water partition coefficient (Wildman–Crippen LogP) is 3.83. The molecule has 0 radical (unpaired) electrons. The van der Waals surface area contributed by atoms with Crippen LogP contribution in [0, 0.1) is 24.2 Å². The highest BCUT2D eigenvalue weighted by atomic mass is 16.5. The number of hydrogen-bond donors (Lipinski definition) is 2. The van der Waals surface area contributed by atoms with Gasteiger partial charge in [-0.2, -0.15) is 0 Å². The van der Waals surface area contributed by atoms with Crippen molar-refractivity contribution >= 4 is 23.4 Å². The van der Waals surface area contributed by atoms with Crippen LogP contribution in [0.1, 0.15) is 64.9 Å². The van der Waals surface area contributed by atoms with Crippen LogP contribution in [0.5, 0.6) is 0 Å². The Labute approximate surface area is 239 Å². The van der Waals surface area contributed by atoms with Crippen molar-refractivity contribution < 1.29 is 19.1 Å². The van der Waals surface area contributed by atoms with Crippen LogP contribution < -0.4 is 15.5 Å². The maximum absolute atomic E-state index is 13.9. The fourth-order valence-corrected chi connectivity index (χ4v) is 6.34. The topological polar surface area (TPSA) is 91.0 Å². The molecule has 2 fully saturated rings. The number of rotatable bonds is 6. The summed E-state index contributed by atoms with van der Waals surface area (Å²) >= 11 is 0. The number of fused-ring (bicyclic) bond motifs is 1. The highest BCUT2D eigenvalue weighted by molar-refractivity contribution is 5.95. The molecule has 3 aliphatic heterocycles. The molecule has 1 aromatic rings. The second-order valence-electron chi connectivity index (χ2n) is 12.3. The van der Waals surface area contributed by atoms with E-state index in [0.29, 0.717) is 65.1 Å². The van der Waals surface area contributed by atoms with E-state index in [-0.39, 0.29) is 35.6 Å². The monoisotopic (exact) mass is 552 g/mol. The lowest BCUT2D eigenvalue weighted by Gasteiger charge is -2.41. The Morgan fingerprint density at radius 3 is 2.65 bits per heavy atom. The lowest BCUT2D eigenvalue weighted by molar-refractivity contribution is -0.138. The molecule has 4 rings (SSSR count). The first-order chi connectivity index (χ1) is 19.2. The van der Waals surface area contributed by atoms with Gasteiger partial charge in [-0.05, 0) is 89.1 Å². The molecule has 2 N–H and O–H groups in total. The van der Waals surface area contributed by atoms with E-state index in [1.807, 2.05) is 43.0 Å². The average Bonchev–Trinajstić information content (AvgIpc) is 2.92. The third-order valence-corrected chi connectivity index (χ3v) is 8.83. The molecule has 0 unspecified atom stereocenters. The molecule has 0 saturated carbocycles. The SMILES string of the molecule is CCN(C(=O)CN1CCC2(C/C=C/C[C@@H]3COCC[C@@H]3NC(=O)[C@H](CC(C)C)NC2=O)CC1)c1cccc(C)c1. The highest BCUT2D eigenvalue weighted by Crippen LogP contribution is 2.37. The molecule has 3 aliphatic rings. The van der Waals surface area contributed by atoms with Crippen molar-refractivity contribution in [1.29, 1.82) is 0 Å². The first-order valence-electron chi connectivity index (χ1n) is 15.1. The van der Waals surface area contributed by atoms with Crippen molar-refractivity contribution in [2.45, 2.75) is 78.3 Å². The van der Waals surface area contributed by atoms with Crippen molar-refractivity contribution in [3.8, 4) is 0 Å². The number of hydrogen-bond acceptors (Lipinski definition) is 5. The second kappa shape index (κ2) is 13.8. The molecular formula is C32H48N4O4. The van der Waals surface area contributed by atoms with Gasteiger partial charge in [-0.25, -0.2) is 0 Å². The van der Waals surface area contributed by atoms with Gasteiger partial charge in [0.05, 0.1) is 18.6 Å². The maximum atomic E-state index is 13.9. The molecule has 2 saturated heterocycles. The van der Waals surface area contributed by atoms with Gasteiger partial charge in [0.15, 0.2) is 0 Å². The van der Waals surface area contributed by atoms with E-state index >= 15 is 0 Å². The van der Waals surface area contributed by atoms with E-state index in [1.54, 1.807) is 0 Å². The zero-order valence-corrected chi connectivity index (χ0v) is 24.8. The molecule has 8 heteroatoms. The first-order valence-corrected chi connectivity index (χ1v) is 15.1. The smallest absolute Gasteiger partial charge is 0.242 e. The van der Waals surface area contributed by atoms with Gasteiger partial charge in [0.2, 0.25) is 17.7 Å². The van der Waals surface area contributed by atoms with E-state index < -0.39 is 11.5 Å². The highest BCUT2D eigenvalue weighted by Gasteiger charge is 2.43. The van der Waals surface area contributed by atoms with E-state index in [9.17, 15) is 14.4 Å². The van der Waals surface area contributed by atoms with Crippen LogP contribution in [0.15, 0.2) is 36.4 Å². The molecule has 0 bridgehead atoms. The van der Waals surface area contributed by atoms with Gasteiger partial charge in [-0.1, -0.05) is 38.1 Å². The predicted molar refractivity (Wildman–Crippen MR) is 158 cm³/mol. The summed E-state index contributed by atoms with van der Waals surface area (Å²) in [6, 6.07) is 7.55. The van der Waals surface area contributed by atoms with Gasteiger partial charge in [-0.3, -0.25) is 19.3 Å². The lowest BCUT2D eigenvalue weighted by atomic mass is 9.74. The van der Waals surface area contributed by atoms with Crippen LogP contribution in [-0.2, 0) is 19.1 Å². The Bertz CT molecular complexity index is 1060. The number of nitrogens with zero attached hydrogens (tertiary/aromatic N) is 2. The Morgan fingerprint density at radius 2 is 1.95 bits per heavy atom. The van der Waals surface area contributed by atoms with Gasteiger partial charge in [-0.15, -0.1) is 0 Å². The van der Waals surface area contributed by atoms with Crippen LogP contribution in [0.4, 0.5) is 5.69 Å². The first kappa shape index (κ1) is 30.3. The van der Waals surface area contributed by atoms with Crippen LogP contribution in [0.3, 0.4) is 0 Å². The van der Waals surface area contributed by atoms with Crippen LogP contribution in [-0.4, -0.2) is 74.1 Å². The Hall–Kier alpha value is -2.71. The third-order valence-electron chi connectivity index (χ3n) is 8.83. The number of aryl methyl sites for hydroxylation is 1. The average molecular weight is 553 g/mol. The summed E-state index contributed by atoms with van der Waals surface area (Å²) in [5.74, 6) is 0.459. The van der Waals surface area contributed by atoms with Gasteiger partial charge in [0, 0.05) is 30.8 Å². The number of likely N-dealkylation sites (N-methyl/N-ethyl adjacent to an activating group) is 1. The van der Waals surface area contributed by atoms with Crippen LogP contribution in [0.2, 0.25) is 0 Å². The number of nitrogens with one attached hydrogen (secondary N) is 2. The fraction of sp³-hybridized carbons (Fsp3) is 0.656. The van der Waals surface area contributed by atoms with Crippen LogP contribution >= 0.6 is 0 Å². The molecule has 0 aliphatic carbocycles. The van der Waals surface area contributed by atoms with Crippen molar-refractivity contribution in [1.82, 2.24) is 15.5 Å². The lowest BCUT2D eigenvalue weighted by Crippen LogP contribution is -2.57. The van der Waals surface area contributed by atoms with Gasteiger partial charge >= 0.3 is 0 Å². The minimum Gasteiger partial charge on any atom is -0.381 e. The molecule has 3 heterocycles. The molecule has 0 aromatic heterocycles. The fourth-order valence-electron chi connectivity index (χ4n) is 6.34. The molecule has 1 aromatic carbocycles. The number of likely N-dealkylation sites (tertiary alicyclic amines) is 1. The molecular weight excluding hydrogens is 504 g/mol. The summed E-state index contributed by atoms with van der Waals surface area (Å²) in [6.07, 6.45) is 8.48. The zero-order valence-electron chi connectivity index (χ0n) is 24.8. The third kappa shape index (κ3) is 7.52. The number of piperidine rings is 1. The summed E-state index contributed by atoms with van der Waals surface area (Å²) in [5.41, 5.74) is 1.46. The number of carbonyl (C=O) groups excluding carboxylic acids is 3. The normalized spacial score (nSPS) is 26.7. The quantitative estimate of drug-likeness (QED) is 0.524. The standard InChI is InChI=1S/C32H48N4O4/c1-5-36(26-11-8-9-24(4)20-26)29(37)21-35-16-14-32(15-17-35)13-7-6-10-25-22-40-18-12-27(25)33-30(38)28(19-23(2)3)34-31(32)39/h6-9,11,20,23,25,27-28H,5,10,12-19,21-22H2,1-4H3,(H,33,38)(H,34,39)/b7-6+/t25-,27+,28+/m1/s1. The number of amides is 3. The number of carbonyl (C=O) groups is 3. The van der Waals surface area contributed by atoms with Crippen molar-refractivity contribution in [3.63, 3.8) is 0 Å². The summed E-state index contributed by atoms with van der Waals surface area (Å²) < 4.78 is 5.73. The van der Waals surface area contributed by atoms with Gasteiger partial charge < -0.3 is 20.3 Å². The van der Waals surface area contributed by atoms with Gasteiger partial charge in [0.1, 0.15) is 6.04 Å². The molecule has 220 valence electrons. The molecule has 8 nitrogen and oxygen atoms in total. The molecule has 1 spiro atoms. The van der Waals surface area contributed by atoms with E-state index in [2.05, 4.69) is 41.5 Å². The van der Waals surface area contributed by atoms with E-state index in [1.165, 1.54) is 0 Å². The number of benzene rings is 1. The Morgan fingerprint density at radius 1 is 1.18 bits per heavy atom. The van der Waals surface area contributed by atoms with Gasteiger partial charge in [0.25, 0.3) is 0 Å². The second-order valence-corrected chi connectivity index (χ2v) is 12.3. The summed E-state index contributed by atoms with van der Waals surface area (Å²) in [7, 11) is 0. The Balaban J connectivity index is 1.46. The van der Waals surface area contributed by atoms with E-state index in [0.717, 1.165) is 24.1 Å². The maximum Gasteiger partial charge on any atom is 0.242 e. The minimum atomic E-state index is -0.589. The van der Waals surface area contributed by atoms with Crippen molar-refractivity contribution in [2.75, 3.05) is 44.3 Å². The Kier molecular flexibility index (Phi) is 10.4. The van der Waals surface area contributed by atoms with Crippen LogP contribution in [0.25, 0.3) is 0 Å². The molecule has 3 amide bonds. The zero-order chi connectivity index (χ0) is 28.7. The minimum absolute atomic E-state index is 0.0389. The van der Waals surface area contributed by atoms with E-state index in [4.69, 9.17) is 4.74 Å². The largest absolute Gasteiger partial charge is 0.381 e. The number of allylic oxidation sites excluding steroid dienone is 2. The molecule has 40 heavy (non-hydrogen) atoms. The summed E-state index contributed by atoms with van der Waals surface area (Å²) in [4.78, 5) is 44.6. The van der Waals surface area contributed by atoms with Crippen molar-refractivity contribution in [2.24, 2.45) is 17.3 Å². The number of anilines is 1. The summed E-state index contributed by atoms with van der Waals surface area (Å²) in [5, 5.41) is 6.42.